The van der Waals surface area contributed by atoms with Gasteiger partial charge in [-0.3, -0.25) is 0 Å². The van der Waals surface area contributed by atoms with Gasteiger partial charge in [-0.05, 0) is 101 Å². The zero-order chi connectivity index (χ0) is 22.5. The maximum atomic E-state index is 11.9. The Morgan fingerprint density at radius 2 is 1.94 bits per heavy atom. The van der Waals surface area contributed by atoms with Gasteiger partial charge in [-0.25, -0.2) is 0 Å². The fraction of sp³-hybridized carbons (Fsp3) is 0.519. The average Bonchev–Trinajstić information content (AvgIpc) is 3.20. The third-order valence-corrected chi connectivity index (χ3v) is 6.77. The van der Waals surface area contributed by atoms with Crippen LogP contribution in [-0.4, -0.2) is 62.0 Å². The van der Waals surface area contributed by atoms with Crippen molar-refractivity contribution in [2.45, 2.75) is 57.7 Å². The van der Waals surface area contributed by atoms with Gasteiger partial charge in [-0.15, -0.1) is 0 Å². The number of benzene rings is 2. The lowest BCUT2D eigenvalue weighted by atomic mass is 9.95. The zero-order valence-electron chi connectivity index (χ0n) is 19.8. The van der Waals surface area contributed by atoms with Crippen LogP contribution in [0.1, 0.15) is 43.7 Å². The Kier molecular flexibility index (Phi) is 7.48. The van der Waals surface area contributed by atoms with Crippen LogP contribution in [-0.2, 0) is 17.8 Å². The summed E-state index contributed by atoms with van der Waals surface area (Å²) in [4.78, 5) is 18.8. The molecule has 2 aromatic carbocycles. The molecule has 0 aliphatic carbocycles. The largest absolute Gasteiger partial charge is 0.494 e. The molecule has 2 aromatic rings. The summed E-state index contributed by atoms with van der Waals surface area (Å²) in [5.74, 6) is 0.934. The van der Waals surface area contributed by atoms with Gasteiger partial charge in [0.05, 0.1) is 12.6 Å². The van der Waals surface area contributed by atoms with Crippen LogP contribution in [0.25, 0.3) is 0 Å². The molecule has 1 saturated heterocycles. The number of hydrogen-bond donors (Lipinski definition) is 0. The number of anilines is 2. The first kappa shape index (κ1) is 22.8. The average molecular weight is 436 g/mol. The molecule has 5 heteroatoms. The summed E-state index contributed by atoms with van der Waals surface area (Å²) in [6, 6.07) is 15.5. The Morgan fingerprint density at radius 1 is 1.12 bits per heavy atom. The smallest absolute Gasteiger partial charge is 0.142 e. The van der Waals surface area contributed by atoms with E-state index in [9.17, 15) is 4.79 Å². The summed E-state index contributed by atoms with van der Waals surface area (Å²) in [5, 5.41) is 0. The van der Waals surface area contributed by atoms with E-state index in [1.165, 1.54) is 30.5 Å². The monoisotopic (exact) mass is 435 g/mol. The maximum absolute atomic E-state index is 11.9. The van der Waals surface area contributed by atoms with Crippen molar-refractivity contribution in [3.05, 3.63) is 53.6 Å². The molecule has 0 saturated carbocycles. The number of ether oxygens (including phenoxy) is 1. The molecule has 0 aromatic heterocycles. The van der Waals surface area contributed by atoms with Crippen LogP contribution in [0.3, 0.4) is 0 Å². The number of carbonyl (C=O) groups excluding carboxylic acids is 1. The Balaban J connectivity index is 1.43. The number of aryl methyl sites for hydroxylation is 1. The lowest BCUT2D eigenvalue weighted by Gasteiger charge is -2.36. The van der Waals surface area contributed by atoms with Gasteiger partial charge in [0.1, 0.15) is 12.0 Å². The van der Waals surface area contributed by atoms with Crippen molar-refractivity contribution in [1.82, 2.24) is 9.80 Å². The second-order valence-electron chi connectivity index (χ2n) is 9.54. The van der Waals surface area contributed by atoms with Crippen LogP contribution < -0.4 is 9.64 Å². The lowest BCUT2D eigenvalue weighted by molar-refractivity contribution is -0.109. The molecule has 0 radical (unpaired) electrons. The molecule has 0 bridgehead atoms. The summed E-state index contributed by atoms with van der Waals surface area (Å²) < 4.78 is 6.09. The summed E-state index contributed by atoms with van der Waals surface area (Å²) in [7, 11) is 4.15. The molecule has 0 spiro atoms. The Labute approximate surface area is 193 Å². The van der Waals surface area contributed by atoms with Crippen LogP contribution in [0, 0.1) is 0 Å². The van der Waals surface area contributed by atoms with Crippen molar-refractivity contribution in [3.63, 3.8) is 0 Å². The molecule has 2 aliphatic rings. The molecule has 1 fully saturated rings. The van der Waals surface area contributed by atoms with Gasteiger partial charge in [-0.2, -0.15) is 0 Å². The minimum absolute atomic E-state index is 0.128. The molecule has 2 atom stereocenters. The Bertz CT molecular complexity index is 896. The van der Waals surface area contributed by atoms with E-state index in [-0.39, 0.29) is 6.04 Å². The molecule has 172 valence electrons. The number of aldehydes is 1. The molecule has 5 nitrogen and oxygen atoms in total. The SMILES string of the molecule is C[C@@H]1CCCN1CCCOc1ccc2c(c1)CCC(C=O)N2c1ccc(CN(C)C)cc1. The standard InChI is InChI=1S/C27H37N3O2/c1-21-6-4-15-29(21)16-5-17-32-26-13-14-27-23(18-26)9-12-25(20-31)30(27)24-10-7-22(8-11-24)19-28(2)3/h7-8,10-11,13-14,18,20-21,25H,4-6,9,12,15-17,19H2,1-3H3/t21-,25?/m1/s1. The Morgan fingerprint density at radius 3 is 2.62 bits per heavy atom. The first-order valence-corrected chi connectivity index (χ1v) is 12.0. The maximum Gasteiger partial charge on any atom is 0.142 e. The van der Waals surface area contributed by atoms with Gasteiger partial charge >= 0.3 is 0 Å². The highest BCUT2D eigenvalue weighted by atomic mass is 16.5. The fourth-order valence-corrected chi connectivity index (χ4v) is 5.07. The highest BCUT2D eigenvalue weighted by molar-refractivity contribution is 5.78. The van der Waals surface area contributed by atoms with E-state index in [2.05, 4.69) is 78.2 Å². The van der Waals surface area contributed by atoms with Crippen molar-refractivity contribution in [1.29, 1.82) is 0 Å². The number of likely N-dealkylation sites (tertiary alicyclic amines) is 1. The van der Waals surface area contributed by atoms with Crippen LogP contribution >= 0.6 is 0 Å². The molecule has 32 heavy (non-hydrogen) atoms. The van der Waals surface area contributed by atoms with Gasteiger partial charge < -0.3 is 24.2 Å². The van der Waals surface area contributed by atoms with E-state index in [0.717, 1.165) is 62.4 Å². The number of hydrogen-bond acceptors (Lipinski definition) is 5. The summed E-state index contributed by atoms with van der Waals surface area (Å²) in [6.07, 6.45) is 6.51. The highest BCUT2D eigenvalue weighted by Crippen LogP contribution is 2.38. The quantitative estimate of drug-likeness (QED) is 0.423. The predicted molar refractivity (Wildman–Crippen MR) is 131 cm³/mol. The van der Waals surface area contributed by atoms with E-state index in [1.54, 1.807) is 0 Å². The van der Waals surface area contributed by atoms with Crippen molar-refractivity contribution in [2.75, 3.05) is 38.7 Å². The van der Waals surface area contributed by atoms with E-state index in [1.807, 2.05) is 0 Å². The summed E-state index contributed by atoms with van der Waals surface area (Å²) >= 11 is 0. The molecule has 0 N–H and O–H groups in total. The van der Waals surface area contributed by atoms with Crippen molar-refractivity contribution in [3.8, 4) is 5.75 Å². The van der Waals surface area contributed by atoms with Gasteiger partial charge in [0.15, 0.2) is 0 Å². The van der Waals surface area contributed by atoms with E-state index in [4.69, 9.17) is 4.74 Å². The van der Waals surface area contributed by atoms with Crippen molar-refractivity contribution >= 4 is 17.7 Å². The molecular weight excluding hydrogens is 398 g/mol. The summed E-state index contributed by atoms with van der Waals surface area (Å²) in [5.41, 5.74) is 4.71. The first-order chi connectivity index (χ1) is 15.5. The predicted octanol–water partition coefficient (Wildman–Crippen LogP) is 4.65. The number of carbonyl (C=O) groups is 1. The van der Waals surface area contributed by atoms with Gasteiger partial charge in [0.2, 0.25) is 0 Å². The van der Waals surface area contributed by atoms with Crippen LogP contribution in [0.15, 0.2) is 42.5 Å². The van der Waals surface area contributed by atoms with Gasteiger partial charge in [0, 0.05) is 30.5 Å². The minimum Gasteiger partial charge on any atom is -0.494 e. The number of rotatable bonds is 9. The topological polar surface area (TPSA) is 36.0 Å². The molecule has 2 heterocycles. The fourth-order valence-electron chi connectivity index (χ4n) is 5.07. The molecule has 4 rings (SSSR count). The van der Waals surface area contributed by atoms with Gasteiger partial charge in [-0.1, -0.05) is 12.1 Å². The van der Waals surface area contributed by atoms with Crippen molar-refractivity contribution < 1.29 is 9.53 Å². The van der Waals surface area contributed by atoms with Gasteiger partial charge in [0.25, 0.3) is 0 Å². The zero-order valence-corrected chi connectivity index (χ0v) is 19.8. The molecule has 1 unspecified atom stereocenters. The third kappa shape index (κ3) is 5.33. The Hall–Kier alpha value is -2.37. The van der Waals surface area contributed by atoms with Crippen LogP contribution in [0.4, 0.5) is 11.4 Å². The first-order valence-electron chi connectivity index (χ1n) is 12.0. The van der Waals surface area contributed by atoms with E-state index >= 15 is 0 Å². The molecular formula is C27H37N3O2. The highest BCUT2D eigenvalue weighted by Gasteiger charge is 2.27. The third-order valence-electron chi connectivity index (χ3n) is 6.77. The van der Waals surface area contributed by atoms with E-state index in [0.29, 0.717) is 6.04 Å². The van der Waals surface area contributed by atoms with Crippen LogP contribution in [0.5, 0.6) is 5.75 Å². The molecule has 0 amide bonds. The second kappa shape index (κ2) is 10.5. The summed E-state index contributed by atoms with van der Waals surface area (Å²) in [6.45, 7) is 6.32. The second-order valence-corrected chi connectivity index (χ2v) is 9.54. The number of fused-ring (bicyclic) bond motifs is 1. The van der Waals surface area contributed by atoms with Crippen molar-refractivity contribution in [2.24, 2.45) is 0 Å². The molecule has 2 aliphatic heterocycles. The minimum atomic E-state index is -0.128. The normalized spacial score (nSPS) is 21.1. The van der Waals surface area contributed by atoms with Crippen LogP contribution in [0.2, 0.25) is 0 Å². The van der Waals surface area contributed by atoms with E-state index < -0.39 is 0 Å². The lowest BCUT2D eigenvalue weighted by Crippen LogP contribution is -2.36. The number of nitrogens with zero attached hydrogens (tertiary/aromatic N) is 3.